The molecule has 1 amide bonds. The van der Waals surface area contributed by atoms with Gasteiger partial charge in [0.1, 0.15) is 5.82 Å². The minimum absolute atomic E-state index is 0.116. The first-order valence-electron chi connectivity index (χ1n) is 10.7. The molecular formula is C24H23F2N5O. The minimum atomic E-state index is -2.74. The van der Waals surface area contributed by atoms with Crippen molar-refractivity contribution in [2.24, 2.45) is 0 Å². The van der Waals surface area contributed by atoms with E-state index in [2.05, 4.69) is 15.4 Å². The van der Waals surface area contributed by atoms with E-state index in [9.17, 15) is 13.6 Å². The van der Waals surface area contributed by atoms with Gasteiger partial charge in [-0.15, -0.1) is 0 Å². The summed E-state index contributed by atoms with van der Waals surface area (Å²) in [6.45, 7) is 2.24. The lowest BCUT2D eigenvalue weighted by molar-refractivity contribution is -0.0117. The van der Waals surface area contributed by atoms with Crippen molar-refractivity contribution in [1.82, 2.24) is 19.9 Å². The number of aryl methyl sites for hydroxylation is 1. The number of carbonyl (C=O) groups excluding carboxylic acids is 1. The van der Waals surface area contributed by atoms with E-state index < -0.39 is 5.92 Å². The van der Waals surface area contributed by atoms with Crippen LogP contribution in [-0.2, 0) is 6.54 Å². The summed E-state index contributed by atoms with van der Waals surface area (Å²) in [7, 11) is 0. The molecular weight excluding hydrogens is 412 g/mol. The minimum Gasteiger partial charge on any atom is -0.365 e. The number of carbonyl (C=O) groups is 1. The number of alkyl halides is 2. The SMILES string of the molecule is Cc1nc2ccccc2c2cc(CNC(=O)c3ccccc3N3CCCC(F)(F)C3)nn12. The van der Waals surface area contributed by atoms with Gasteiger partial charge in [-0.1, -0.05) is 30.3 Å². The average molecular weight is 435 g/mol. The van der Waals surface area contributed by atoms with Crippen LogP contribution in [0.5, 0.6) is 0 Å². The highest BCUT2D eigenvalue weighted by molar-refractivity contribution is 6.00. The molecule has 0 aliphatic carbocycles. The van der Waals surface area contributed by atoms with Crippen molar-refractivity contribution < 1.29 is 13.6 Å². The van der Waals surface area contributed by atoms with Crippen LogP contribution >= 0.6 is 0 Å². The molecule has 1 saturated heterocycles. The molecule has 164 valence electrons. The van der Waals surface area contributed by atoms with Crippen molar-refractivity contribution in [2.75, 3.05) is 18.0 Å². The zero-order chi connectivity index (χ0) is 22.3. The Hall–Kier alpha value is -3.55. The van der Waals surface area contributed by atoms with Crippen molar-refractivity contribution in [3.63, 3.8) is 0 Å². The summed E-state index contributed by atoms with van der Waals surface area (Å²) in [5.74, 6) is -2.30. The van der Waals surface area contributed by atoms with Gasteiger partial charge in [0.15, 0.2) is 0 Å². The van der Waals surface area contributed by atoms with E-state index in [0.717, 1.165) is 22.2 Å². The largest absolute Gasteiger partial charge is 0.365 e. The van der Waals surface area contributed by atoms with E-state index in [0.29, 0.717) is 29.9 Å². The lowest BCUT2D eigenvalue weighted by Crippen LogP contribution is -2.43. The van der Waals surface area contributed by atoms with E-state index >= 15 is 0 Å². The third-order valence-electron chi connectivity index (χ3n) is 5.84. The molecule has 0 bridgehead atoms. The molecule has 4 aromatic rings. The van der Waals surface area contributed by atoms with Crippen LogP contribution in [0.15, 0.2) is 54.6 Å². The molecule has 6 nitrogen and oxygen atoms in total. The summed E-state index contributed by atoms with van der Waals surface area (Å²) in [6.07, 6.45) is 0.278. The van der Waals surface area contributed by atoms with Gasteiger partial charge in [0.2, 0.25) is 0 Å². The highest BCUT2D eigenvalue weighted by Gasteiger charge is 2.36. The van der Waals surface area contributed by atoms with Gasteiger partial charge in [-0.05, 0) is 37.6 Å². The number of amides is 1. The van der Waals surface area contributed by atoms with E-state index in [-0.39, 0.29) is 25.4 Å². The maximum atomic E-state index is 13.9. The van der Waals surface area contributed by atoms with Crippen molar-refractivity contribution in [2.45, 2.75) is 32.2 Å². The van der Waals surface area contributed by atoms with Gasteiger partial charge in [0.05, 0.1) is 35.4 Å². The van der Waals surface area contributed by atoms with Crippen LogP contribution in [-0.4, -0.2) is 39.5 Å². The Morgan fingerprint density at radius 1 is 1.16 bits per heavy atom. The predicted molar refractivity (Wildman–Crippen MR) is 119 cm³/mol. The second kappa shape index (κ2) is 7.85. The molecule has 3 heterocycles. The molecule has 1 N–H and O–H groups in total. The van der Waals surface area contributed by atoms with Crippen LogP contribution < -0.4 is 10.2 Å². The lowest BCUT2D eigenvalue weighted by atomic mass is 10.0. The zero-order valence-corrected chi connectivity index (χ0v) is 17.7. The first-order chi connectivity index (χ1) is 15.4. The van der Waals surface area contributed by atoms with E-state index in [1.54, 1.807) is 33.7 Å². The Labute approximate surface area is 183 Å². The van der Waals surface area contributed by atoms with Gasteiger partial charge in [-0.25, -0.2) is 18.3 Å². The van der Waals surface area contributed by atoms with Gasteiger partial charge < -0.3 is 10.2 Å². The Bertz CT molecular complexity index is 1320. The topological polar surface area (TPSA) is 62.5 Å². The van der Waals surface area contributed by atoms with Crippen molar-refractivity contribution in [1.29, 1.82) is 0 Å². The first kappa shape index (κ1) is 20.4. The predicted octanol–water partition coefficient (Wildman–Crippen LogP) is 4.36. The molecule has 0 spiro atoms. The number of hydrogen-bond acceptors (Lipinski definition) is 4. The quantitative estimate of drug-likeness (QED) is 0.518. The molecule has 2 aromatic carbocycles. The molecule has 8 heteroatoms. The summed E-state index contributed by atoms with van der Waals surface area (Å²) in [6, 6.07) is 16.7. The van der Waals surface area contributed by atoms with Crippen LogP contribution in [0.4, 0.5) is 14.5 Å². The second-order valence-electron chi connectivity index (χ2n) is 8.19. The fourth-order valence-corrected chi connectivity index (χ4v) is 4.34. The van der Waals surface area contributed by atoms with E-state index in [4.69, 9.17) is 0 Å². The van der Waals surface area contributed by atoms with E-state index in [1.165, 1.54) is 0 Å². The van der Waals surface area contributed by atoms with Gasteiger partial charge in [0.25, 0.3) is 11.8 Å². The summed E-state index contributed by atoms with van der Waals surface area (Å²) in [4.78, 5) is 19.1. The normalized spacial score (nSPS) is 15.9. The lowest BCUT2D eigenvalue weighted by Gasteiger charge is -2.35. The Morgan fingerprint density at radius 3 is 2.78 bits per heavy atom. The number of para-hydroxylation sites is 2. The Morgan fingerprint density at radius 2 is 1.94 bits per heavy atom. The molecule has 1 fully saturated rings. The molecule has 1 aliphatic heterocycles. The van der Waals surface area contributed by atoms with Crippen LogP contribution in [0.25, 0.3) is 16.4 Å². The number of benzene rings is 2. The fourth-order valence-electron chi connectivity index (χ4n) is 4.34. The number of nitrogens with zero attached hydrogens (tertiary/aromatic N) is 4. The standard InChI is InChI=1S/C24H23F2N5O/c1-16-28-20-9-4-2-7-18(20)22-13-17(29-31(16)22)14-27-23(32)19-8-3-5-10-21(19)30-12-6-11-24(25,26)15-30/h2-5,7-10,13H,6,11-12,14-15H2,1H3,(H,27,32). The van der Waals surface area contributed by atoms with Crippen molar-refractivity contribution >= 4 is 28.0 Å². The van der Waals surface area contributed by atoms with Gasteiger partial charge >= 0.3 is 0 Å². The van der Waals surface area contributed by atoms with E-state index in [1.807, 2.05) is 37.3 Å². The van der Waals surface area contributed by atoms with Crippen molar-refractivity contribution in [3.05, 3.63) is 71.7 Å². The molecule has 0 atom stereocenters. The molecule has 0 radical (unpaired) electrons. The molecule has 0 unspecified atom stereocenters. The maximum absolute atomic E-state index is 13.9. The molecule has 32 heavy (non-hydrogen) atoms. The Balaban J connectivity index is 1.38. The number of nitrogens with one attached hydrogen (secondary N) is 1. The molecule has 0 saturated carbocycles. The van der Waals surface area contributed by atoms with Gasteiger partial charge in [-0.3, -0.25) is 4.79 Å². The molecule has 2 aromatic heterocycles. The highest BCUT2D eigenvalue weighted by atomic mass is 19.3. The van der Waals surface area contributed by atoms with Crippen LogP contribution in [0.1, 0.15) is 34.7 Å². The zero-order valence-electron chi connectivity index (χ0n) is 17.7. The second-order valence-corrected chi connectivity index (χ2v) is 8.19. The maximum Gasteiger partial charge on any atom is 0.265 e. The third-order valence-corrected chi connectivity index (χ3v) is 5.84. The molecule has 5 rings (SSSR count). The van der Waals surface area contributed by atoms with Gasteiger partial charge in [-0.2, -0.15) is 5.10 Å². The highest BCUT2D eigenvalue weighted by Crippen LogP contribution is 2.31. The van der Waals surface area contributed by atoms with Crippen LogP contribution in [0.2, 0.25) is 0 Å². The number of piperidine rings is 1. The smallest absolute Gasteiger partial charge is 0.265 e. The summed E-state index contributed by atoms with van der Waals surface area (Å²) >= 11 is 0. The monoisotopic (exact) mass is 435 g/mol. The fraction of sp³-hybridized carbons (Fsp3) is 0.292. The summed E-state index contributed by atoms with van der Waals surface area (Å²) in [5, 5.41) is 8.47. The first-order valence-corrected chi connectivity index (χ1v) is 10.7. The van der Waals surface area contributed by atoms with Crippen LogP contribution in [0.3, 0.4) is 0 Å². The Kier molecular flexibility index (Phi) is 5.00. The number of hydrogen-bond donors (Lipinski definition) is 1. The number of aromatic nitrogens is 3. The van der Waals surface area contributed by atoms with Gasteiger partial charge in [0, 0.05) is 24.0 Å². The third kappa shape index (κ3) is 3.77. The number of halogens is 2. The number of rotatable bonds is 4. The van der Waals surface area contributed by atoms with Crippen molar-refractivity contribution in [3.8, 4) is 0 Å². The van der Waals surface area contributed by atoms with Crippen LogP contribution in [0, 0.1) is 6.92 Å². The molecule has 1 aliphatic rings. The number of fused-ring (bicyclic) bond motifs is 3. The summed E-state index contributed by atoms with van der Waals surface area (Å²) in [5.41, 5.74) is 3.43. The number of anilines is 1. The summed E-state index contributed by atoms with van der Waals surface area (Å²) < 4.78 is 29.6. The average Bonchev–Trinajstić information content (AvgIpc) is 3.22.